The molecule has 0 bridgehead atoms. The molecule has 1 nitrogen and oxygen atoms in total. The van der Waals surface area contributed by atoms with E-state index in [2.05, 4.69) is 6.92 Å². The summed E-state index contributed by atoms with van der Waals surface area (Å²) >= 11 is 0. The third kappa shape index (κ3) is 2.82. The number of aliphatic hydroxyl groups is 1. The van der Waals surface area contributed by atoms with E-state index in [1.54, 1.807) is 0 Å². The van der Waals surface area contributed by atoms with Gasteiger partial charge in [0.05, 0.1) is 5.60 Å². The lowest BCUT2D eigenvalue weighted by atomic mass is 9.93. The van der Waals surface area contributed by atoms with Gasteiger partial charge in [-0.2, -0.15) is 0 Å². The zero-order valence-electron chi connectivity index (χ0n) is 7.77. The molecule has 0 heterocycles. The highest BCUT2D eigenvalue weighted by Gasteiger charge is 2.38. The molecule has 0 aromatic heterocycles. The fourth-order valence-electron chi connectivity index (χ4n) is 1.64. The van der Waals surface area contributed by atoms with Crippen LogP contribution in [0, 0.1) is 5.92 Å². The molecule has 0 aromatic rings. The molecule has 0 spiro atoms. The fraction of sp³-hybridized carbons (Fsp3) is 1.00. The minimum absolute atomic E-state index is 0.338. The van der Waals surface area contributed by atoms with Gasteiger partial charge >= 0.3 is 0 Å². The topological polar surface area (TPSA) is 20.2 Å². The Bertz CT molecular complexity index is 114. The van der Waals surface area contributed by atoms with Crippen LogP contribution in [-0.2, 0) is 0 Å². The van der Waals surface area contributed by atoms with E-state index in [9.17, 15) is 5.11 Å². The van der Waals surface area contributed by atoms with Crippen LogP contribution in [-0.4, -0.2) is 10.7 Å². The Morgan fingerprint density at radius 2 is 2.00 bits per heavy atom. The van der Waals surface area contributed by atoms with Crippen LogP contribution in [0.1, 0.15) is 52.4 Å². The summed E-state index contributed by atoms with van der Waals surface area (Å²) in [5.41, 5.74) is -0.338. The summed E-state index contributed by atoms with van der Waals surface area (Å²) < 4.78 is 0. The lowest BCUT2D eigenvalue weighted by Crippen LogP contribution is -2.26. The highest BCUT2D eigenvalue weighted by molar-refractivity contribution is 4.90. The van der Waals surface area contributed by atoms with Crippen molar-refractivity contribution in [2.45, 2.75) is 58.0 Å². The molecule has 1 rings (SSSR count). The van der Waals surface area contributed by atoms with Crippen LogP contribution in [0.15, 0.2) is 0 Å². The normalized spacial score (nSPS) is 23.2. The molecule has 0 radical (unpaired) electrons. The molecule has 66 valence electrons. The van der Waals surface area contributed by atoms with Crippen molar-refractivity contribution < 1.29 is 5.11 Å². The molecule has 1 unspecified atom stereocenters. The molecule has 11 heavy (non-hydrogen) atoms. The first-order valence-corrected chi connectivity index (χ1v) is 4.89. The van der Waals surface area contributed by atoms with Gasteiger partial charge < -0.3 is 5.11 Å². The maximum absolute atomic E-state index is 9.88. The second-order valence-electron chi connectivity index (χ2n) is 4.09. The smallest absolute Gasteiger partial charge is 0.0647 e. The van der Waals surface area contributed by atoms with Gasteiger partial charge in [-0.1, -0.05) is 26.2 Å². The van der Waals surface area contributed by atoms with Crippen LogP contribution in [0.5, 0.6) is 0 Å². The molecule has 0 aromatic carbocycles. The predicted octanol–water partition coefficient (Wildman–Crippen LogP) is 2.73. The lowest BCUT2D eigenvalue weighted by Gasteiger charge is -2.22. The van der Waals surface area contributed by atoms with Crippen LogP contribution in [0.2, 0.25) is 0 Å². The Morgan fingerprint density at radius 1 is 1.36 bits per heavy atom. The van der Waals surface area contributed by atoms with E-state index in [4.69, 9.17) is 0 Å². The molecule has 1 aliphatic carbocycles. The second-order valence-corrected chi connectivity index (χ2v) is 4.09. The van der Waals surface area contributed by atoms with E-state index in [-0.39, 0.29) is 5.60 Å². The van der Waals surface area contributed by atoms with E-state index >= 15 is 0 Å². The molecule has 1 fully saturated rings. The van der Waals surface area contributed by atoms with E-state index in [0.29, 0.717) is 5.92 Å². The first-order chi connectivity index (χ1) is 5.17. The average molecular weight is 156 g/mol. The Labute approximate surface area is 69.8 Å². The standard InChI is InChI=1S/C10H20O/c1-3-4-5-8-10(2,11)9-6-7-9/h9,11H,3-8H2,1-2H3. The van der Waals surface area contributed by atoms with Crippen LogP contribution in [0.3, 0.4) is 0 Å². The van der Waals surface area contributed by atoms with Gasteiger partial charge in [0.25, 0.3) is 0 Å². The zero-order valence-corrected chi connectivity index (χ0v) is 7.77. The van der Waals surface area contributed by atoms with E-state index in [0.717, 1.165) is 6.42 Å². The van der Waals surface area contributed by atoms with Crippen LogP contribution < -0.4 is 0 Å². The highest BCUT2D eigenvalue weighted by atomic mass is 16.3. The van der Waals surface area contributed by atoms with Gasteiger partial charge in [0.1, 0.15) is 0 Å². The van der Waals surface area contributed by atoms with Gasteiger partial charge in [-0.15, -0.1) is 0 Å². The van der Waals surface area contributed by atoms with Crippen molar-refractivity contribution in [2.24, 2.45) is 5.92 Å². The summed E-state index contributed by atoms with van der Waals surface area (Å²) in [5.74, 6) is 0.624. The van der Waals surface area contributed by atoms with Gasteiger partial charge in [0, 0.05) is 0 Å². The molecular weight excluding hydrogens is 136 g/mol. The first-order valence-electron chi connectivity index (χ1n) is 4.89. The van der Waals surface area contributed by atoms with Crippen molar-refractivity contribution in [1.29, 1.82) is 0 Å². The summed E-state index contributed by atoms with van der Waals surface area (Å²) in [6.45, 7) is 4.20. The van der Waals surface area contributed by atoms with Crippen LogP contribution in [0.25, 0.3) is 0 Å². The van der Waals surface area contributed by atoms with Crippen molar-refractivity contribution in [3.8, 4) is 0 Å². The molecule has 0 amide bonds. The van der Waals surface area contributed by atoms with Gasteiger partial charge in [-0.25, -0.2) is 0 Å². The van der Waals surface area contributed by atoms with Crippen molar-refractivity contribution in [3.05, 3.63) is 0 Å². The largest absolute Gasteiger partial charge is 0.390 e. The monoisotopic (exact) mass is 156 g/mol. The zero-order chi connectivity index (χ0) is 8.32. The fourth-order valence-corrected chi connectivity index (χ4v) is 1.64. The summed E-state index contributed by atoms with van der Waals surface area (Å²) in [7, 11) is 0. The van der Waals surface area contributed by atoms with Crippen molar-refractivity contribution in [2.75, 3.05) is 0 Å². The molecular formula is C10H20O. The Hall–Kier alpha value is -0.0400. The minimum Gasteiger partial charge on any atom is -0.390 e. The molecule has 1 atom stereocenters. The predicted molar refractivity (Wildman–Crippen MR) is 47.5 cm³/mol. The van der Waals surface area contributed by atoms with Gasteiger partial charge in [-0.05, 0) is 32.1 Å². The average Bonchev–Trinajstić information content (AvgIpc) is 2.68. The van der Waals surface area contributed by atoms with E-state index in [1.165, 1.54) is 32.1 Å². The van der Waals surface area contributed by atoms with Crippen molar-refractivity contribution in [1.82, 2.24) is 0 Å². The summed E-state index contributed by atoms with van der Waals surface area (Å²) in [6, 6.07) is 0. The summed E-state index contributed by atoms with van der Waals surface area (Å²) in [6.07, 6.45) is 7.22. The Kier molecular flexibility index (Phi) is 2.94. The van der Waals surface area contributed by atoms with Crippen molar-refractivity contribution in [3.63, 3.8) is 0 Å². The lowest BCUT2D eigenvalue weighted by molar-refractivity contribution is 0.0256. The maximum atomic E-state index is 9.88. The molecule has 0 aliphatic heterocycles. The Balaban J connectivity index is 2.12. The quantitative estimate of drug-likeness (QED) is 0.607. The SMILES string of the molecule is CCCCCC(C)(O)C1CC1. The molecule has 1 saturated carbocycles. The third-order valence-electron chi connectivity index (χ3n) is 2.74. The van der Waals surface area contributed by atoms with Crippen molar-refractivity contribution >= 4 is 0 Å². The molecule has 1 heteroatoms. The van der Waals surface area contributed by atoms with Crippen LogP contribution in [0.4, 0.5) is 0 Å². The summed E-state index contributed by atoms with van der Waals surface area (Å²) in [4.78, 5) is 0. The van der Waals surface area contributed by atoms with E-state index in [1.807, 2.05) is 6.92 Å². The van der Waals surface area contributed by atoms with Gasteiger partial charge in [0.2, 0.25) is 0 Å². The van der Waals surface area contributed by atoms with Gasteiger partial charge in [0.15, 0.2) is 0 Å². The minimum atomic E-state index is -0.338. The second kappa shape index (κ2) is 3.57. The molecule has 1 aliphatic rings. The first kappa shape index (κ1) is 9.05. The summed E-state index contributed by atoms with van der Waals surface area (Å²) in [5, 5.41) is 9.88. The van der Waals surface area contributed by atoms with E-state index < -0.39 is 0 Å². The molecule has 0 saturated heterocycles. The number of rotatable bonds is 5. The third-order valence-corrected chi connectivity index (χ3v) is 2.74. The number of unbranched alkanes of at least 4 members (excludes halogenated alkanes) is 2. The number of hydrogen-bond donors (Lipinski definition) is 1. The molecule has 1 N–H and O–H groups in total. The highest BCUT2D eigenvalue weighted by Crippen LogP contribution is 2.41. The van der Waals surface area contributed by atoms with Crippen LogP contribution >= 0.6 is 0 Å². The number of hydrogen-bond acceptors (Lipinski definition) is 1. The maximum Gasteiger partial charge on any atom is 0.0647 e. The van der Waals surface area contributed by atoms with Gasteiger partial charge in [-0.3, -0.25) is 0 Å². The Morgan fingerprint density at radius 3 is 2.45 bits per heavy atom.